The molecule has 20 nitrogen and oxygen atoms in total. The van der Waals surface area contributed by atoms with Gasteiger partial charge in [0.1, 0.15) is 40.7 Å². The Morgan fingerprint density at radius 1 is 0.437 bits per heavy atom. The summed E-state index contributed by atoms with van der Waals surface area (Å²) in [6.07, 6.45) is 37.4. The molecule has 0 spiro atoms. The molecule has 18 saturated carbocycles. The molecule has 16 bridgehead atoms. The summed E-state index contributed by atoms with van der Waals surface area (Å²) in [5.74, 6) is 8.42. The average molecular weight is 1670 g/mol. The second-order valence-electron chi connectivity index (χ2n) is 44.7. The molecule has 0 aromatic heterocycles. The van der Waals surface area contributed by atoms with E-state index in [2.05, 4.69) is 27.7 Å². The van der Waals surface area contributed by atoms with E-state index < -0.39 is 34.1 Å². The highest BCUT2D eigenvalue weighted by molar-refractivity contribution is 5.83. The summed E-state index contributed by atoms with van der Waals surface area (Å²) in [6.45, 7) is 40.0. The molecule has 2 aliphatic heterocycles. The van der Waals surface area contributed by atoms with E-state index in [1.165, 1.54) is 83.5 Å². The van der Waals surface area contributed by atoms with Crippen molar-refractivity contribution in [1.82, 2.24) is 0 Å². The fourth-order valence-corrected chi connectivity index (χ4v) is 25.4. The van der Waals surface area contributed by atoms with Gasteiger partial charge in [-0.3, -0.25) is 38.4 Å². The van der Waals surface area contributed by atoms with Crippen LogP contribution in [-0.2, 0) is 85.8 Å². The van der Waals surface area contributed by atoms with Gasteiger partial charge >= 0.3 is 53.7 Å². The number of cyclic esters (lactones) is 1. The summed E-state index contributed by atoms with van der Waals surface area (Å²) in [5, 5.41) is 21.2. The van der Waals surface area contributed by atoms with E-state index in [0.29, 0.717) is 85.6 Å². The third-order valence-corrected chi connectivity index (χ3v) is 34.3. The zero-order chi connectivity index (χ0) is 87.1. The Morgan fingerprint density at radius 3 is 1.29 bits per heavy atom. The van der Waals surface area contributed by atoms with Crippen molar-refractivity contribution in [3.05, 3.63) is 0 Å². The molecule has 18 aliphatic carbocycles. The molecule has 676 valence electrons. The van der Waals surface area contributed by atoms with Gasteiger partial charge in [-0.25, -0.2) is 4.79 Å². The molecule has 2 N–H and O–H groups in total. The van der Waals surface area contributed by atoms with Gasteiger partial charge in [-0.15, -0.1) is 0 Å². The van der Waals surface area contributed by atoms with Crippen LogP contribution in [0.5, 0.6) is 0 Å². The normalized spacial score (nSPS) is 39.1. The van der Waals surface area contributed by atoms with Crippen LogP contribution in [0.2, 0.25) is 0 Å². The van der Waals surface area contributed by atoms with Crippen LogP contribution in [0.3, 0.4) is 0 Å². The van der Waals surface area contributed by atoms with Crippen molar-refractivity contribution in [2.45, 2.75) is 434 Å². The predicted molar refractivity (Wildman–Crippen MR) is 453 cm³/mol. The first kappa shape index (κ1) is 94.8. The second kappa shape index (κ2) is 37.4. The van der Waals surface area contributed by atoms with Crippen LogP contribution in [0.4, 0.5) is 0 Å². The molecule has 18 atom stereocenters. The molecule has 0 radical (unpaired) electrons. The lowest BCUT2D eigenvalue weighted by Crippen LogP contribution is -2.60. The van der Waals surface area contributed by atoms with E-state index in [-0.39, 0.29) is 123 Å². The minimum atomic E-state index is -0.687. The monoisotopic (exact) mass is 1670 g/mol. The molecule has 20 rings (SSSR count). The van der Waals surface area contributed by atoms with E-state index in [0.717, 1.165) is 158 Å². The summed E-state index contributed by atoms with van der Waals surface area (Å²) in [7, 11) is 0. The van der Waals surface area contributed by atoms with Gasteiger partial charge < -0.3 is 52.8 Å². The number of esters is 9. The molecular formula is C99H160O20. The molecule has 20 heteroatoms. The number of hydrogen-bond donors (Lipinski definition) is 2. The van der Waals surface area contributed by atoms with Gasteiger partial charge in [-0.05, 0) is 345 Å². The Bertz CT molecular complexity index is 3430. The zero-order valence-corrected chi connectivity index (χ0v) is 77.3. The van der Waals surface area contributed by atoms with Crippen LogP contribution in [0.15, 0.2) is 0 Å². The Labute approximate surface area is 715 Å². The van der Waals surface area contributed by atoms with Crippen molar-refractivity contribution in [1.29, 1.82) is 0 Å². The number of fused-ring (bicyclic) bond motifs is 6. The van der Waals surface area contributed by atoms with Crippen LogP contribution in [0.1, 0.15) is 376 Å². The summed E-state index contributed by atoms with van der Waals surface area (Å²) in [6, 6.07) is 0. The van der Waals surface area contributed by atoms with Gasteiger partial charge in [-0.1, -0.05) is 82.6 Å². The maximum atomic E-state index is 12.5. The van der Waals surface area contributed by atoms with Crippen LogP contribution >= 0.6 is 0 Å². The number of rotatable bonds is 22. The minimum Gasteiger partial charge on any atom is -0.463 e. The fourth-order valence-electron chi connectivity index (χ4n) is 25.4. The largest absolute Gasteiger partial charge is 0.463 e. The lowest BCUT2D eigenvalue weighted by atomic mass is 9.50. The van der Waals surface area contributed by atoms with Crippen LogP contribution in [0, 0.1) is 128 Å². The first-order chi connectivity index (χ1) is 55.8. The molecule has 0 amide bonds. The molecule has 119 heavy (non-hydrogen) atoms. The molecular weight excluding hydrogens is 1510 g/mol. The van der Waals surface area contributed by atoms with E-state index in [4.69, 9.17) is 42.6 Å². The van der Waals surface area contributed by atoms with E-state index in [1.54, 1.807) is 13.8 Å². The van der Waals surface area contributed by atoms with Crippen molar-refractivity contribution in [2.75, 3.05) is 6.61 Å². The first-order valence-corrected chi connectivity index (χ1v) is 48.2. The van der Waals surface area contributed by atoms with Crippen molar-refractivity contribution in [3.63, 3.8) is 0 Å². The minimum absolute atomic E-state index is 0.00347. The smallest absolute Gasteiger partial charge is 0.347 e. The van der Waals surface area contributed by atoms with E-state index in [1.807, 2.05) is 96.9 Å². The van der Waals surface area contributed by atoms with Gasteiger partial charge in [0.25, 0.3) is 0 Å². The van der Waals surface area contributed by atoms with Gasteiger partial charge in [0, 0.05) is 31.1 Å². The predicted octanol–water partition coefficient (Wildman–Crippen LogP) is 19.8. The van der Waals surface area contributed by atoms with Crippen molar-refractivity contribution >= 4 is 53.7 Å². The Balaban J connectivity index is 0.000000136. The highest BCUT2D eigenvalue weighted by Gasteiger charge is 2.65. The van der Waals surface area contributed by atoms with Gasteiger partial charge in [0.05, 0.1) is 63.1 Å². The number of carbonyl (C=O) groups excluding carboxylic acids is 9. The van der Waals surface area contributed by atoms with Crippen LogP contribution in [-0.4, -0.2) is 129 Å². The summed E-state index contributed by atoms with van der Waals surface area (Å²) in [4.78, 5) is 107. The molecule has 18 unspecified atom stereocenters. The molecule has 0 aromatic rings. The highest BCUT2D eigenvalue weighted by atomic mass is 16.6. The topological polar surface area (TPSA) is 277 Å². The molecule has 20 aliphatic rings. The molecule has 2 heterocycles. The molecule has 20 fully saturated rings. The number of hydrogen-bond acceptors (Lipinski definition) is 20. The SMILES string of the molecule is CCC(C)(C)C(=O)OC1(C)C2CC3CC(C2)CC1C3.CCC(C)(C)C(=O)OC1C2CC3C(=O)OC1C3C2.CCC(C)(C)C(=O)OC1CC2CC1C1CCCC21.CCC(C)(C)C(=O)OC1CCOC1=O.CCC(C)C(=O)OC1(CC)CCCC1.CCC(C)C(=O)OC12CC3CC(CC(O)(C3)C1)C2.CCC(C)C(=O)OC12CC3CC(CC(O)(C3)C1)C2. The Kier molecular flexibility index (Phi) is 29.8. The standard InChI is InChI=1S/C17H28O2.C16H26O2.2C15H24O3.C14H20O4.C12H22O2.C10H16O4/c1-5-16(2,3)15(18)19-17(4)13-7-11-6-12(9-13)10-14(17)8-11;1-4-16(2,3)15(17)18-14-9-10-8-13(14)12-7-5-6-11(10)12;2*1-3-10(2)13(16)18-15-7-11-4-12(8-15)6-14(17,5-11)9-15;1-4-14(2,3)13(16)18-10-7-5-8-9(6-7)12(15)17-11(8)10;1-4-10(3)11(13)14-12(5-2)8-6-7-9-12;1-4-10(2,3)9(12)14-7-5-6-13-8(7)11/h11-14H,5-10H2,1-4H3;10-14H,4-9H2,1-3H3;2*10-12,17H,3-9H2,1-2H3;7-11H,4-6H2,1-3H3;10H,4-9H2,1-3H3;7H,4-6H2,1-3H3. The quantitative estimate of drug-likeness (QED) is 0.0752. The van der Waals surface area contributed by atoms with Crippen LogP contribution < -0.4 is 0 Å². The van der Waals surface area contributed by atoms with E-state index in [9.17, 15) is 53.4 Å². The lowest BCUT2D eigenvalue weighted by molar-refractivity contribution is -0.223. The number of aliphatic hydroxyl groups is 2. The molecule has 0 aromatic carbocycles. The zero-order valence-electron chi connectivity index (χ0n) is 77.3. The lowest BCUT2D eigenvalue weighted by Gasteiger charge is -2.59. The van der Waals surface area contributed by atoms with E-state index >= 15 is 0 Å². The maximum Gasteiger partial charge on any atom is 0.347 e. The van der Waals surface area contributed by atoms with Gasteiger partial charge in [0.15, 0.2) is 0 Å². The third-order valence-electron chi connectivity index (χ3n) is 34.3. The van der Waals surface area contributed by atoms with Gasteiger partial charge in [0.2, 0.25) is 6.10 Å². The molecule has 2 saturated heterocycles. The third kappa shape index (κ3) is 21.1. The van der Waals surface area contributed by atoms with Crippen LogP contribution in [0.25, 0.3) is 0 Å². The van der Waals surface area contributed by atoms with Crippen molar-refractivity contribution < 1.29 is 96.0 Å². The highest BCUT2D eigenvalue weighted by Crippen LogP contribution is 2.64. The number of ether oxygens (including phenoxy) is 9. The van der Waals surface area contributed by atoms with Crippen molar-refractivity contribution in [3.8, 4) is 0 Å². The second-order valence-corrected chi connectivity index (χ2v) is 44.7. The summed E-state index contributed by atoms with van der Waals surface area (Å²) < 4.78 is 50.2. The van der Waals surface area contributed by atoms with Gasteiger partial charge in [-0.2, -0.15) is 0 Å². The fraction of sp³-hybridized carbons (Fsp3) is 0.909. The summed E-state index contributed by atoms with van der Waals surface area (Å²) >= 11 is 0. The Morgan fingerprint density at radius 2 is 0.857 bits per heavy atom. The Hall–Kier alpha value is -4.85. The first-order valence-electron chi connectivity index (χ1n) is 48.2. The number of carbonyl (C=O) groups is 9. The summed E-state index contributed by atoms with van der Waals surface area (Å²) in [5.41, 5.74) is -3.66. The van der Waals surface area contributed by atoms with Crippen molar-refractivity contribution in [2.24, 2.45) is 128 Å². The average Bonchev–Trinajstić information content (AvgIpc) is 1.73. The maximum absolute atomic E-state index is 12.5.